The summed E-state index contributed by atoms with van der Waals surface area (Å²) in [5, 5.41) is 4.60. The first-order chi connectivity index (χ1) is 24.1. The van der Waals surface area contributed by atoms with E-state index in [4.69, 9.17) is 0 Å². The molecule has 0 heterocycles. The second kappa shape index (κ2) is 12.7. The molecule has 0 bridgehead atoms. The molecule has 5 aromatic carbocycles. The van der Waals surface area contributed by atoms with Crippen LogP contribution in [0.5, 0.6) is 0 Å². The van der Waals surface area contributed by atoms with Gasteiger partial charge in [0.2, 0.25) is 0 Å². The van der Waals surface area contributed by atoms with Crippen LogP contribution in [-0.4, -0.2) is 14.7 Å². The third-order valence-corrected chi connectivity index (χ3v) is 13.7. The maximum atomic E-state index is 13.1. The van der Waals surface area contributed by atoms with Crippen LogP contribution < -0.4 is 10.6 Å². The molecule has 0 saturated heterocycles. The first kappa shape index (κ1) is 42.1. The van der Waals surface area contributed by atoms with E-state index in [9.17, 15) is 14.7 Å². The number of fused-ring (bicyclic) bond motifs is 2. The van der Waals surface area contributed by atoms with Crippen LogP contribution in [0.3, 0.4) is 0 Å². The van der Waals surface area contributed by atoms with Gasteiger partial charge in [-0.1, -0.05) is 0 Å². The summed E-state index contributed by atoms with van der Waals surface area (Å²) in [4.78, 5) is 39.2. The summed E-state index contributed by atoms with van der Waals surface area (Å²) in [7, 11) is -5.85. The summed E-state index contributed by atoms with van der Waals surface area (Å²) in [6.07, 6.45) is 0. The summed E-state index contributed by atoms with van der Waals surface area (Å²) in [5.41, 5.74) is 6.62. The van der Waals surface area contributed by atoms with Gasteiger partial charge in [0.05, 0.1) is 0 Å². The number of hydrogen-bond donors (Lipinski definition) is 3. The molecule has 5 aromatic rings. The van der Waals surface area contributed by atoms with Crippen LogP contribution in [0.4, 0.5) is 0 Å². The molecule has 0 atom stereocenters. The fourth-order valence-corrected chi connectivity index (χ4v) is 10.7. The van der Waals surface area contributed by atoms with Crippen molar-refractivity contribution in [2.45, 2.75) is 157 Å². The Morgan fingerprint density at radius 3 is 1.19 bits per heavy atom. The molecule has 0 fully saturated rings. The van der Waals surface area contributed by atoms with Gasteiger partial charge in [-0.3, -0.25) is 0 Å². The molecule has 0 unspecified atom stereocenters. The Hall–Kier alpha value is -3.07. The molecule has 0 aromatic heterocycles. The molecular weight excluding hydrogens is 680 g/mol. The van der Waals surface area contributed by atoms with Crippen LogP contribution in [0.1, 0.15) is 158 Å². The van der Waals surface area contributed by atoms with Crippen LogP contribution in [0, 0.1) is 0 Å². The molecule has 0 aliphatic heterocycles. The van der Waals surface area contributed by atoms with Gasteiger partial charge in [0.1, 0.15) is 0 Å². The second-order valence-electron chi connectivity index (χ2n) is 22.3. The van der Waals surface area contributed by atoms with Gasteiger partial charge in [-0.15, -0.1) is 0 Å². The molecule has 54 heavy (non-hydrogen) atoms. The van der Waals surface area contributed by atoms with E-state index in [-0.39, 0.29) is 32.3 Å². The Bertz CT molecular complexity index is 2260. The molecule has 0 radical (unpaired) electrons. The van der Waals surface area contributed by atoms with E-state index < -0.39 is 18.1 Å². The zero-order valence-corrected chi connectivity index (χ0v) is 37.6. The Kier molecular flexibility index (Phi) is 9.91. The van der Waals surface area contributed by atoms with Crippen molar-refractivity contribution >= 4 is 39.4 Å². The van der Waals surface area contributed by atoms with Gasteiger partial charge >= 0.3 is 329 Å². The van der Waals surface area contributed by atoms with Crippen LogP contribution >= 0.6 is 7.28 Å². The van der Waals surface area contributed by atoms with Gasteiger partial charge in [-0.05, 0) is 0 Å². The molecule has 0 amide bonds. The van der Waals surface area contributed by atoms with E-state index in [0.717, 1.165) is 44.0 Å². The quantitative estimate of drug-likeness (QED) is 0.161. The van der Waals surface area contributed by atoms with Gasteiger partial charge in [-0.25, -0.2) is 0 Å². The van der Waals surface area contributed by atoms with E-state index in [2.05, 4.69) is 173 Å². The topological polar surface area (TPSA) is 60.7 Å². The van der Waals surface area contributed by atoms with Gasteiger partial charge in [0, 0.05) is 0 Å². The van der Waals surface area contributed by atoms with Gasteiger partial charge in [0.15, 0.2) is 0 Å². The van der Waals surface area contributed by atoms with Crippen LogP contribution in [0.2, 0.25) is 0 Å². The minimum atomic E-state index is -5.85. The first-order valence-electron chi connectivity index (χ1n) is 19.7. The zero-order valence-electron chi connectivity index (χ0n) is 36.7. The minimum absolute atomic E-state index is 0.0107. The van der Waals surface area contributed by atoms with Gasteiger partial charge < -0.3 is 0 Å². The Labute approximate surface area is 327 Å². The summed E-state index contributed by atoms with van der Waals surface area (Å²) in [5.74, 6) is 0. The Morgan fingerprint density at radius 1 is 0.352 bits per heavy atom. The molecule has 4 heteroatoms. The van der Waals surface area contributed by atoms with E-state index in [1.165, 1.54) is 22.1 Å². The van der Waals surface area contributed by atoms with Gasteiger partial charge in [-0.2, -0.15) is 0 Å². The van der Waals surface area contributed by atoms with Crippen LogP contribution in [0.25, 0.3) is 32.7 Å². The van der Waals surface area contributed by atoms with Crippen molar-refractivity contribution in [3.63, 3.8) is 0 Å². The van der Waals surface area contributed by atoms with Gasteiger partial charge in [0.25, 0.3) is 0 Å². The van der Waals surface area contributed by atoms with E-state index in [1.807, 2.05) is 24.3 Å². The molecule has 3 nitrogen and oxygen atoms in total. The number of benzene rings is 5. The summed E-state index contributed by atoms with van der Waals surface area (Å²) < 4.78 is 0. The SMILES string of the molecule is CC(C)(C)c1ccc2cc(-c3c(C(C)(C)C)ccc(P(O)(O)(O)c4cc5ccc(C(C)(C)C)cc5cc4C(C)(C)C)c3C(C)(C)C)c(C(C)(C)C)cc2c1. The summed E-state index contributed by atoms with van der Waals surface area (Å²) in [6, 6.07) is 25.5. The molecular formula is C50H69O3P. The normalized spacial score (nSPS) is 14.8. The van der Waals surface area contributed by atoms with Crippen molar-refractivity contribution in [2.75, 3.05) is 0 Å². The molecule has 5 rings (SSSR count). The second-order valence-corrected chi connectivity index (χ2v) is 25.2. The predicted molar refractivity (Wildman–Crippen MR) is 238 cm³/mol. The predicted octanol–water partition coefficient (Wildman–Crippen LogP) is 12.7. The fraction of sp³-hybridized carbons (Fsp3) is 0.480. The monoisotopic (exact) mass is 748 g/mol. The summed E-state index contributed by atoms with van der Waals surface area (Å²) in [6.45, 7) is 39.4. The van der Waals surface area contributed by atoms with Crippen molar-refractivity contribution < 1.29 is 14.7 Å². The third kappa shape index (κ3) is 7.82. The van der Waals surface area contributed by atoms with Crippen molar-refractivity contribution in [2.24, 2.45) is 0 Å². The Morgan fingerprint density at radius 2 is 0.778 bits per heavy atom. The Balaban J connectivity index is 1.99. The van der Waals surface area contributed by atoms with Crippen LogP contribution in [-0.2, 0) is 32.5 Å². The molecule has 0 spiro atoms. The molecule has 0 aliphatic rings. The number of rotatable bonds is 3. The van der Waals surface area contributed by atoms with E-state index >= 15 is 0 Å². The molecule has 0 saturated carbocycles. The standard InChI is InChI=1S/C50H69O3P/c1-45(2,3)35-21-19-31-27-37(39(48(10,11)12)28-33(31)25-35)43-38(47(7,8)9)23-24-41(44(43)50(16,17)18)54(51,52,53)42-30-32-20-22-36(46(4,5)6)26-34(32)29-40(42)49(13,14)15/h19-30,51-53H,1-18H3. The van der Waals surface area contributed by atoms with E-state index in [0.29, 0.717) is 0 Å². The van der Waals surface area contributed by atoms with Crippen LogP contribution in [0.15, 0.2) is 72.8 Å². The number of hydrogen-bond acceptors (Lipinski definition) is 3. The average Bonchev–Trinajstić information content (AvgIpc) is 2.99. The van der Waals surface area contributed by atoms with Crippen molar-refractivity contribution in [3.05, 3.63) is 106 Å². The summed E-state index contributed by atoms with van der Waals surface area (Å²) >= 11 is 0. The zero-order chi connectivity index (χ0) is 41.0. The maximum absolute atomic E-state index is 13.1. The first-order valence-corrected chi connectivity index (χ1v) is 21.8. The fourth-order valence-electron chi connectivity index (χ4n) is 8.01. The average molecular weight is 749 g/mol. The van der Waals surface area contributed by atoms with Crippen molar-refractivity contribution in [3.8, 4) is 11.1 Å². The van der Waals surface area contributed by atoms with E-state index in [1.54, 1.807) is 0 Å². The third-order valence-electron chi connectivity index (χ3n) is 11.2. The van der Waals surface area contributed by atoms with Crippen molar-refractivity contribution in [1.82, 2.24) is 0 Å². The van der Waals surface area contributed by atoms with Crippen molar-refractivity contribution in [1.29, 1.82) is 0 Å². The molecule has 292 valence electrons. The molecule has 3 N–H and O–H groups in total. The molecule has 0 aliphatic carbocycles.